The van der Waals surface area contributed by atoms with E-state index in [-0.39, 0.29) is 0 Å². The average molecular weight is 331 g/mol. The number of hydrogen-bond donors (Lipinski definition) is 1. The average Bonchev–Trinajstić information content (AvgIpc) is 2.77. The Kier molecular flexibility index (Phi) is 5.24. The Balaban J connectivity index is 2.03. The Bertz CT molecular complexity index is 372. The molecular weight excluding hydrogens is 308 g/mol. The van der Waals surface area contributed by atoms with Crippen molar-refractivity contribution in [1.82, 2.24) is 4.90 Å². The van der Waals surface area contributed by atoms with Crippen LogP contribution in [-0.2, 0) is 0 Å². The number of hydrogen-bond acceptors (Lipinski definition) is 3. The van der Waals surface area contributed by atoms with Gasteiger partial charge in [0.25, 0.3) is 0 Å². The van der Waals surface area contributed by atoms with Gasteiger partial charge in [0.15, 0.2) is 0 Å². The lowest BCUT2D eigenvalue weighted by Crippen LogP contribution is -2.40. The van der Waals surface area contributed by atoms with Crippen LogP contribution < -0.4 is 5.73 Å². The zero-order valence-corrected chi connectivity index (χ0v) is 13.6. The highest BCUT2D eigenvalue weighted by atomic mass is 79.9. The molecule has 0 aromatic carbocycles. The van der Waals surface area contributed by atoms with Crippen LogP contribution in [0, 0.1) is 5.92 Å². The van der Waals surface area contributed by atoms with Crippen LogP contribution in [0.4, 0.5) is 0 Å². The van der Waals surface area contributed by atoms with E-state index < -0.39 is 0 Å². The lowest BCUT2D eigenvalue weighted by Gasteiger charge is -2.37. The van der Waals surface area contributed by atoms with Gasteiger partial charge in [-0.3, -0.25) is 4.90 Å². The summed E-state index contributed by atoms with van der Waals surface area (Å²) < 4.78 is 1.17. The van der Waals surface area contributed by atoms with Crippen LogP contribution in [0.2, 0.25) is 0 Å². The summed E-state index contributed by atoms with van der Waals surface area (Å²) >= 11 is 5.34. The minimum Gasteiger partial charge on any atom is -0.329 e. The molecule has 1 aliphatic carbocycles. The molecule has 2 rings (SSSR count). The molecule has 102 valence electrons. The molecule has 1 atom stereocenters. The summed E-state index contributed by atoms with van der Waals surface area (Å²) in [5, 5.41) is 2.15. The topological polar surface area (TPSA) is 29.3 Å². The first kappa shape index (κ1) is 14.5. The Morgan fingerprint density at radius 2 is 2.11 bits per heavy atom. The van der Waals surface area contributed by atoms with Gasteiger partial charge in [-0.25, -0.2) is 0 Å². The van der Waals surface area contributed by atoms with E-state index >= 15 is 0 Å². The van der Waals surface area contributed by atoms with Gasteiger partial charge >= 0.3 is 0 Å². The molecule has 2 N–H and O–H groups in total. The fraction of sp³-hybridized carbons (Fsp3) is 0.714. The monoisotopic (exact) mass is 330 g/mol. The van der Waals surface area contributed by atoms with Crippen molar-refractivity contribution in [2.75, 3.05) is 13.6 Å². The van der Waals surface area contributed by atoms with E-state index in [0.29, 0.717) is 18.6 Å². The van der Waals surface area contributed by atoms with E-state index in [0.717, 1.165) is 5.92 Å². The van der Waals surface area contributed by atoms with Crippen LogP contribution in [0.15, 0.2) is 15.9 Å². The van der Waals surface area contributed by atoms with Gasteiger partial charge in [-0.05, 0) is 60.6 Å². The van der Waals surface area contributed by atoms with Crippen LogP contribution in [0.3, 0.4) is 0 Å². The lowest BCUT2D eigenvalue weighted by atomic mass is 9.86. The second-order valence-corrected chi connectivity index (χ2v) is 7.36. The Hall–Kier alpha value is 0.1000. The molecule has 18 heavy (non-hydrogen) atoms. The van der Waals surface area contributed by atoms with Crippen molar-refractivity contribution in [1.29, 1.82) is 0 Å². The Labute approximate surface area is 123 Å². The van der Waals surface area contributed by atoms with E-state index in [1.54, 1.807) is 11.3 Å². The van der Waals surface area contributed by atoms with Crippen LogP contribution in [0.5, 0.6) is 0 Å². The van der Waals surface area contributed by atoms with Gasteiger partial charge < -0.3 is 5.73 Å². The van der Waals surface area contributed by atoms with E-state index in [4.69, 9.17) is 5.73 Å². The molecule has 1 fully saturated rings. The Morgan fingerprint density at radius 1 is 1.44 bits per heavy atom. The molecule has 1 aromatic rings. The predicted octanol–water partition coefficient (Wildman–Crippen LogP) is 4.02. The van der Waals surface area contributed by atoms with E-state index in [1.165, 1.54) is 35.0 Å². The third-order valence-corrected chi connectivity index (χ3v) is 5.99. The maximum absolute atomic E-state index is 6.00. The van der Waals surface area contributed by atoms with Gasteiger partial charge in [0.05, 0.1) is 6.04 Å². The van der Waals surface area contributed by atoms with Crippen molar-refractivity contribution in [2.45, 2.75) is 44.7 Å². The van der Waals surface area contributed by atoms with Crippen molar-refractivity contribution >= 4 is 27.3 Å². The molecule has 0 bridgehead atoms. The third kappa shape index (κ3) is 3.35. The maximum atomic E-state index is 6.00. The van der Waals surface area contributed by atoms with Gasteiger partial charge in [0, 0.05) is 27.3 Å². The van der Waals surface area contributed by atoms with Crippen molar-refractivity contribution < 1.29 is 0 Å². The number of rotatable bonds is 4. The summed E-state index contributed by atoms with van der Waals surface area (Å²) in [5.41, 5.74) is 6.00. The van der Waals surface area contributed by atoms with Gasteiger partial charge in [-0.1, -0.05) is 6.92 Å². The standard InChI is InChI=1S/C14H23BrN2S/c1-10-3-5-12(6-4-10)17(2)13(8-16)14-7-11(15)9-18-14/h7,9-10,12-13H,3-6,8,16H2,1-2H3. The first-order valence-electron chi connectivity index (χ1n) is 6.77. The zero-order valence-electron chi connectivity index (χ0n) is 11.2. The fourth-order valence-electron chi connectivity index (χ4n) is 2.89. The highest BCUT2D eigenvalue weighted by molar-refractivity contribution is 9.10. The molecule has 0 saturated heterocycles. The third-order valence-electron chi connectivity index (χ3n) is 4.19. The first-order chi connectivity index (χ1) is 8.61. The van der Waals surface area contributed by atoms with Gasteiger partial charge in [-0.15, -0.1) is 11.3 Å². The highest BCUT2D eigenvalue weighted by Gasteiger charge is 2.27. The van der Waals surface area contributed by atoms with Gasteiger partial charge in [0.1, 0.15) is 0 Å². The molecule has 0 spiro atoms. The maximum Gasteiger partial charge on any atom is 0.0564 e. The van der Waals surface area contributed by atoms with E-state index in [2.05, 4.69) is 46.2 Å². The van der Waals surface area contributed by atoms with Crippen molar-refractivity contribution in [3.63, 3.8) is 0 Å². The SMILES string of the molecule is CC1CCC(N(C)C(CN)c2cc(Br)cs2)CC1. The number of thiophene rings is 1. The number of nitrogens with zero attached hydrogens (tertiary/aromatic N) is 1. The summed E-state index contributed by atoms with van der Waals surface area (Å²) in [6, 6.07) is 3.29. The molecule has 1 heterocycles. The summed E-state index contributed by atoms with van der Waals surface area (Å²) in [6.45, 7) is 3.07. The highest BCUT2D eigenvalue weighted by Crippen LogP contribution is 2.34. The normalized spacial score (nSPS) is 26.5. The Morgan fingerprint density at radius 3 is 2.61 bits per heavy atom. The van der Waals surface area contributed by atoms with Crippen molar-refractivity contribution in [3.8, 4) is 0 Å². The second kappa shape index (κ2) is 6.51. The largest absolute Gasteiger partial charge is 0.329 e. The molecule has 1 unspecified atom stereocenters. The molecule has 2 nitrogen and oxygen atoms in total. The summed E-state index contributed by atoms with van der Waals surface area (Å²) in [7, 11) is 2.24. The molecule has 0 amide bonds. The van der Waals surface area contributed by atoms with Crippen LogP contribution in [0.1, 0.15) is 43.5 Å². The molecular formula is C14H23BrN2S. The van der Waals surface area contributed by atoms with E-state index in [1.807, 2.05) is 0 Å². The van der Waals surface area contributed by atoms with Crippen LogP contribution in [0.25, 0.3) is 0 Å². The number of likely N-dealkylation sites (N-methyl/N-ethyl adjacent to an activating group) is 1. The molecule has 4 heteroatoms. The van der Waals surface area contributed by atoms with Crippen LogP contribution >= 0.6 is 27.3 Å². The summed E-state index contributed by atoms with van der Waals surface area (Å²) in [5.74, 6) is 0.904. The van der Waals surface area contributed by atoms with Crippen molar-refractivity contribution in [3.05, 3.63) is 20.8 Å². The number of halogens is 1. The van der Waals surface area contributed by atoms with Crippen LogP contribution in [-0.4, -0.2) is 24.5 Å². The van der Waals surface area contributed by atoms with Gasteiger partial charge in [0.2, 0.25) is 0 Å². The molecule has 0 radical (unpaired) electrons. The van der Waals surface area contributed by atoms with Crippen molar-refractivity contribution in [2.24, 2.45) is 11.7 Å². The molecule has 1 aliphatic rings. The molecule has 1 saturated carbocycles. The summed E-state index contributed by atoms with van der Waals surface area (Å²) in [6.07, 6.45) is 5.36. The second-order valence-electron chi connectivity index (χ2n) is 5.50. The van der Waals surface area contributed by atoms with E-state index in [9.17, 15) is 0 Å². The number of nitrogens with two attached hydrogens (primary N) is 1. The molecule has 0 aliphatic heterocycles. The zero-order chi connectivity index (χ0) is 13.1. The lowest BCUT2D eigenvalue weighted by molar-refractivity contribution is 0.128. The quantitative estimate of drug-likeness (QED) is 0.903. The minimum absolute atomic E-state index is 0.375. The first-order valence-corrected chi connectivity index (χ1v) is 8.45. The minimum atomic E-state index is 0.375. The fourth-order valence-corrected chi connectivity index (χ4v) is 4.50. The van der Waals surface area contributed by atoms with Gasteiger partial charge in [-0.2, -0.15) is 0 Å². The predicted molar refractivity (Wildman–Crippen MR) is 83.0 cm³/mol. The summed E-state index contributed by atoms with van der Waals surface area (Å²) in [4.78, 5) is 3.88. The molecule has 1 aromatic heterocycles. The smallest absolute Gasteiger partial charge is 0.0564 e.